The molecular weight excluding hydrogens is 340 g/mol. The van der Waals surface area contributed by atoms with Gasteiger partial charge < -0.3 is 19.8 Å². The molecule has 134 valence electrons. The van der Waals surface area contributed by atoms with Gasteiger partial charge in [0, 0.05) is 17.3 Å². The van der Waals surface area contributed by atoms with Gasteiger partial charge in [0.1, 0.15) is 11.5 Å². The zero-order valence-corrected chi connectivity index (χ0v) is 14.1. The van der Waals surface area contributed by atoms with Crippen LogP contribution in [0.1, 0.15) is 17.3 Å². The number of hydrogen-bond donors (Lipinski definition) is 2. The van der Waals surface area contributed by atoms with Crippen LogP contribution in [-0.4, -0.2) is 39.7 Å². The van der Waals surface area contributed by atoms with E-state index in [2.05, 4.69) is 4.98 Å². The highest BCUT2D eigenvalue weighted by Crippen LogP contribution is 2.33. The fourth-order valence-electron chi connectivity index (χ4n) is 2.66. The number of carbonyl (C=O) groups is 1. The highest BCUT2D eigenvalue weighted by atomic mass is 16.5. The Labute approximate surface area is 147 Å². The number of esters is 1. The predicted octanol–water partition coefficient (Wildman–Crippen LogP) is 2.19. The molecular formula is C18H16N2O6. The fourth-order valence-corrected chi connectivity index (χ4v) is 2.66. The van der Waals surface area contributed by atoms with Gasteiger partial charge >= 0.3 is 11.5 Å². The number of pyridine rings is 2. The molecule has 0 amide bonds. The van der Waals surface area contributed by atoms with Gasteiger partial charge in [-0.05, 0) is 19.1 Å². The Balaban J connectivity index is 2.30. The standard InChI is InChI=1S/C18H16N2O6/c1-3-26-18(23)14-15(21)12-8-10(9-19-16(12)20(24)17(14)22)11-6-4-5-7-13(11)25-2/h4-9,21,24H,3H2,1-2H3. The van der Waals surface area contributed by atoms with Crippen molar-refractivity contribution in [2.75, 3.05) is 13.7 Å². The number of aromatic nitrogens is 2. The van der Waals surface area contributed by atoms with E-state index in [0.29, 0.717) is 16.9 Å². The van der Waals surface area contributed by atoms with Crippen molar-refractivity contribution in [1.29, 1.82) is 0 Å². The van der Waals surface area contributed by atoms with Gasteiger partial charge in [-0.1, -0.05) is 18.2 Å². The molecule has 0 saturated heterocycles. The first-order chi connectivity index (χ1) is 12.5. The molecule has 8 heteroatoms. The Bertz CT molecular complexity index is 1060. The van der Waals surface area contributed by atoms with Crippen LogP contribution in [0.5, 0.6) is 11.5 Å². The molecule has 2 N–H and O–H groups in total. The topological polar surface area (TPSA) is 111 Å². The number of fused-ring (bicyclic) bond motifs is 1. The smallest absolute Gasteiger partial charge is 0.347 e. The third-order valence-electron chi connectivity index (χ3n) is 3.86. The lowest BCUT2D eigenvalue weighted by Gasteiger charge is -2.12. The monoisotopic (exact) mass is 356 g/mol. The van der Waals surface area contributed by atoms with E-state index in [-0.39, 0.29) is 22.4 Å². The summed E-state index contributed by atoms with van der Waals surface area (Å²) in [4.78, 5) is 28.2. The largest absolute Gasteiger partial charge is 0.506 e. The van der Waals surface area contributed by atoms with Crippen molar-refractivity contribution in [3.05, 3.63) is 52.4 Å². The summed E-state index contributed by atoms with van der Waals surface area (Å²) < 4.78 is 10.3. The zero-order valence-electron chi connectivity index (χ0n) is 14.1. The van der Waals surface area contributed by atoms with E-state index in [1.807, 2.05) is 0 Å². The Morgan fingerprint density at radius 3 is 2.73 bits per heavy atom. The highest BCUT2D eigenvalue weighted by molar-refractivity contribution is 5.99. The Hall–Kier alpha value is -3.55. The van der Waals surface area contributed by atoms with Gasteiger partial charge in [0.2, 0.25) is 0 Å². The van der Waals surface area contributed by atoms with Gasteiger partial charge in [0.15, 0.2) is 11.2 Å². The van der Waals surface area contributed by atoms with Crippen molar-refractivity contribution in [3.8, 4) is 22.6 Å². The molecule has 26 heavy (non-hydrogen) atoms. The molecule has 0 saturated carbocycles. The third kappa shape index (κ3) is 2.71. The van der Waals surface area contributed by atoms with E-state index in [4.69, 9.17) is 9.47 Å². The molecule has 0 fully saturated rings. The van der Waals surface area contributed by atoms with Gasteiger partial charge in [0.25, 0.3) is 0 Å². The minimum atomic E-state index is -1.11. The Morgan fingerprint density at radius 2 is 2.04 bits per heavy atom. The molecule has 1 aromatic carbocycles. The van der Waals surface area contributed by atoms with Gasteiger partial charge in [-0.2, -0.15) is 0 Å². The lowest BCUT2D eigenvalue weighted by atomic mass is 10.0. The number of benzene rings is 1. The number of para-hydroxylation sites is 1. The van der Waals surface area contributed by atoms with Gasteiger partial charge in [-0.25, -0.2) is 9.78 Å². The number of ether oxygens (including phenoxy) is 2. The summed E-state index contributed by atoms with van der Waals surface area (Å²) in [6.45, 7) is 1.58. The van der Waals surface area contributed by atoms with Crippen LogP contribution in [0, 0.1) is 0 Å². The molecule has 0 bridgehead atoms. The molecule has 2 heterocycles. The first-order valence-electron chi connectivity index (χ1n) is 7.77. The van der Waals surface area contributed by atoms with Crippen LogP contribution in [0.3, 0.4) is 0 Å². The van der Waals surface area contributed by atoms with E-state index >= 15 is 0 Å². The molecule has 0 unspecified atom stereocenters. The van der Waals surface area contributed by atoms with Gasteiger partial charge in [-0.3, -0.25) is 4.79 Å². The number of aromatic hydroxyl groups is 1. The maximum Gasteiger partial charge on any atom is 0.347 e. The molecule has 0 aliphatic rings. The zero-order chi connectivity index (χ0) is 18.8. The van der Waals surface area contributed by atoms with Gasteiger partial charge in [-0.15, -0.1) is 4.73 Å². The predicted molar refractivity (Wildman–Crippen MR) is 92.8 cm³/mol. The van der Waals surface area contributed by atoms with Crippen molar-refractivity contribution < 1.29 is 24.6 Å². The maximum absolute atomic E-state index is 12.2. The van der Waals surface area contributed by atoms with E-state index in [9.17, 15) is 19.9 Å². The summed E-state index contributed by atoms with van der Waals surface area (Å²) in [6.07, 6.45) is 1.43. The molecule has 0 radical (unpaired) electrons. The molecule has 0 spiro atoms. The van der Waals surface area contributed by atoms with Crippen molar-refractivity contribution in [1.82, 2.24) is 9.71 Å². The molecule has 0 aliphatic carbocycles. The second kappa shape index (κ2) is 6.75. The van der Waals surface area contributed by atoms with Crippen molar-refractivity contribution in [2.24, 2.45) is 0 Å². The number of nitrogens with zero attached hydrogens (tertiary/aromatic N) is 2. The summed E-state index contributed by atoms with van der Waals surface area (Å²) >= 11 is 0. The average molecular weight is 356 g/mol. The normalized spacial score (nSPS) is 10.7. The summed E-state index contributed by atoms with van der Waals surface area (Å²) in [6, 6.07) is 8.66. The van der Waals surface area contributed by atoms with Crippen LogP contribution >= 0.6 is 0 Å². The van der Waals surface area contributed by atoms with Crippen molar-refractivity contribution in [2.45, 2.75) is 6.92 Å². The number of hydrogen-bond acceptors (Lipinski definition) is 7. The average Bonchev–Trinajstić information content (AvgIpc) is 2.66. The van der Waals surface area contributed by atoms with Crippen LogP contribution in [0.25, 0.3) is 22.2 Å². The minimum absolute atomic E-state index is 0.0146. The Morgan fingerprint density at radius 1 is 1.31 bits per heavy atom. The van der Waals surface area contributed by atoms with E-state index in [0.717, 1.165) is 0 Å². The SMILES string of the molecule is CCOC(=O)c1c(O)c2cc(-c3ccccc3OC)cnc2n(O)c1=O. The van der Waals surface area contributed by atoms with E-state index < -0.39 is 22.8 Å². The summed E-state index contributed by atoms with van der Waals surface area (Å²) in [5.74, 6) is -1.04. The van der Waals surface area contributed by atoms with Crippen molar-refractivity contribution >= 4 is 17.0 Å². The quantitative estimate of drug-likeness (QED) is 0.544. The maximum atomic E-state index is 12.2. The first-order valence-corrected chi connectivity index (χ1v) is 7.77. The number of methoxy groups -OCH3 is 1. The minimum Gasteiger partial charge on any atom is -0.506 e. The highest BCUT2D eigenvalue weighted by Gasteiger charge is 2.24. The van der Waals surface area contributed by atoms with Crippen LogP contribution in [0.4, 0.5) is 0 Å². The van der Waals surface area contributed by atoms with Crippen molar-refractivity contribution in [3.63, 3.8) is 0 Å². The second-order valence-electron chi connectivity index (χ2n) is 5.36. The molecule has 2 aromatic heterocycles. The number of carbonyl (C=O) groups excluding carboxylic acids is 1. The third-order valence-corrected chi connectivity index (χ3v) is 3.86. The lowest BCUT2D eigenvalue weighted by molar-refractivity contribution is 0.0515. The molecule has 3 aromatic rings. The van der Waals surface area contributed by atoms with Crippen LogP contribution in [0.2, 0.25) is 0 Å². The molecule has 0 aliphatic heterocycles. The second-order valence-corrected chi connectivity index (χ2v) is 5.36. The summed E-state index contributed by atoms with van der Waals surface area (Å²) in [5.41, 5.74) is -0.679. The van der Waals surface area contributed by atoms with Crippen LogP contribution in [-0.2, 0) is 4.74 Å². The molecule has 3 rings (SSSR count). The number of rotatable bonds is 4. The fraction of sp³-hybridized carbons (Fsp3) is 0.167. The van der Waals surface area contributed by atoms with E-state index in [1.165, 1.54) is 19.4 Å². The van der Waals surface area contributed by atoms with Crippen LogP contribution in [0.15, 0.2) is 41.3 Å². The van der Waals surface area contributed by atoms with Crippen LogP contribution < -0.4 is 10.3 Å². The van der Waals surface area contributed by atoms with Gasteiger partial charge in [0.05, 0.1) is 19.1 Å². The van der Waals surface area contributed by atoms with E-state index in [1.54, 1.807) is 31.2 Å². The first kappa shape index (κ1) is 17.3. The summed E-state index contributed by atoms with van der Waals surface area (Å²) in [7, 11) is 1.52. The molecule has 8 nitrogen and oxygen atoms in total. The Kier molecular flexibility index (Phi) is 4.49. The lowest BCUT2D eigenvalue weighted by Crippen LogP contribution is -2.27. The molecule has 0 atom stereocenters. The summed E-state index contributed by atoms with van der Waals surface area (Å²) in [5, 5.41) is 20.5.